The van der Waals surface area contributed by atoms with E-state index in [1.807, 2.05) is 6.92 Å². The maximum atomic E-state index is 13.2. The van der Waals surface area contributed by atoms with Crippen LogP contribution in [0.5, 0.6) is 0 Å². The first-order valence-electron chi connectivity index (χ1n) is 5.01. The number of rotatable bonds is 5. The smallest absolute Gasteiger partial charge is 0.166 e. The molecular formula is C12H14F2O2. The molecule has 1 atom stereocenters. The van der Waals surface area contributed by atoms with Gasteiger partial charge in [0.05, 0.1) is 5.56 Å². The molecule has 0 aromatic heterocycles. The van der Waals surface area contributed by atoms with E-state index in [1.54, 1.807) is 0 Å². The summed E-state index contributed by atoms with van der Waals surface area (Å²) < 4.78 is 31.0. The van der Waals surface area contributed by atoms with Crippen LogP contribution in [0, 0.1) is 17.6 Å². The molecule has 1 unspecified atom stereocenters. The molecule has 1 aromatic carbocycles. The maximum Gasteiger partial charge on any atom is 0.166 e. The first-order valence-corrected chi connectivity index (χ1v) is 5.01. The molecule has 0 aliphatic heterocycles. The lowest BCUT2D eigenvalue weighted by Crippen LogP contribution is -2.12. The van der Waals surface area contributed by atoms with Crippen LogP contribution in [0.15, 0.2) is 18.2 Å². The van der Waals surface area contributed by atoms with Crippen molar-refractivity contribution in [2.45, 2.75) is 13.3 Å². The van der Waals surface area contributed by atoms with Gasteiger partial charge in [0, 0.05) is 20.1 Å². The van der Waals surface area contributed by atoms with E-state index in [9.17, 15) is 13.6 Å². The van der Waals surface area contributed by atoms with Crippen molar-refractivity contribution in [1.29, 1.82) is 0 Å². The van der Waals surface area contributed by atoms with Gasteiger partial charge in [-0.25, -0.2) is 8.78 Å². The lowest BCUT2D eigenvalue weighted by atomic mass is 10.00. The number of benzene rings is 1. The van der Waals surface area contributed by atoms with Crippen LogP contribution in [0.2, 0.25) is 0 Å². The highest BCUT2D eigenvalue weighted by atomic mass is 19.1. The van der Waals surface area contributed by atoms with E-state index in [0.29, 0.717) is 6.61 Å². The largest absolute Gasteiger partial charge is 0.384 e. The van der Waals surface area contributed by atoms with Gasteiger partial charge in [0.2, 0.25) is 0 Å². The second-order valence-electron chi connectivity index (χ2n) is 3.81. The zero-order valence-corrected chi connectivity index (χ0v) is 9.30. The standard InChI is InChI=1S/C12H14F2O2/c1-8(7-16-2)5-12(15)10-6-9(13)3-4-11(10)14/h3-4,6,8H,5,7H2,1-2H3. The van der Waals surface area contributed by atoms with Crippen LogP contribution >= 0.6 is 0 Å². The highest BCUT2D eigenvalue weighted by Crippen LogP contribution is 2.15. The number of methoxy groups -OCH3 is 1. The van der Waals surface area contributed by atoms with Crippen molar-refractivity contribution in [1.82, 2.24) is 0 Å². The van der Waals surface area contributed by atoms with Crippen molar-refractivity contribution in [3.63, 3.8) is 0 Å². The summed E-state index contributed by atoms with van der Waals surface area (Å²) in [6.07, 6.45) is 0.147. The van der Waals surface area contributed by atoms with Crippen LogP contribution in [-0.4, -0.2) is 19.5 Å². The third kappa shape index (κ3) is 3.38. The van der Waals surface area contributed by atoms with Crippen molar-refractivity contribution < 1.29 is 18.3 Å². The zero-order valence-electron chi connectivity index (χ0n) is 9.30. The molecule has 16 heavy (non-hydrogen) atoms. The summed E-state index contributed by atoms with van der Waals surface area (Å²) in [4.78, 5) is 11.6. The number of hydrogen-bond acceptors (Lipinski definition) is 2. The van der Waals surface area contributed by atoms with Gasteiger partial charge in [0.1, 0.15) is 11.6 Å². The first-order chi connectivity index (χ1) is 7.54. The number of Topliss-reactive ketones (excluding diaryl/α,β-unsaturated/α-hetero) is 1. The van der Waals surface area contributed by atoms with Gasteiger partial charge in [-0.1, -0.05) is 6.92 Å². The van der Waals surface area contributed by atoms with Crippen molar-refractivity contribution in [2.75, 3.05) is 13.7 Å². The Bertz CT molecular complexity index is 377. The minimum atomic E-state index is -0.684. The molecule has 88 valence electrons. The predicted molar refractivity (Wildman–Crippen MR) is 56.3 cm³/mol. The molecule has 0 amide bonds. The fourth-order valence-corrected chi connectivity index (χ4v) is 1.48. The molecule has 0 bridgehead atoms. The topological polar surface area (TPSA) is 26.3 Å². The Hall–Kier alpha value is -1.29. The summed E-state index contributed by atoms with van der Waals surface area (Å²) in [5.74, 6) is -1.71. The summed E-state index contributed by atoms with van der Waals surface area (Å²) in [5, 5.41) is 0. The summed E-state index contributed by atoms with van der Waals surface area (Å²) in [7, 11) is 1.53. The Morgan fingerprint density at radius 2 is 2.12 bits per heavy atom. The fraction of sp³-hybridized carbons (Fsp3) is 0.417. The lowest BCUT2D eigenvalue weighted by Gasteiger charge is -2.09. The Labute approximate surface area is 93.2 Å². The van der Waals surface area contributed by atoms with E-state index >= 15 is 0 Å². The van der Waals surface area contributed by atoms with Crippen molar-refractivity contribution >= 4 is 5.78 Å². The maximum absolute atomic E-state index is 13.2. The van der Waals surface area contributed by atoms with Gasteiger partial charge < -0.3 is 4.74 Å². The Morgan fingerprint density at radius 3 is 2.75 bits per heavy atom. The molecule has 0 saturated heterocycles. The van der Waals surface area contributed by atoms with Gasteiger partial charge >= 0.3 is 0 Å². The fourth-order valence-electron chi connectivity index (χ4n) is 1.48. The molecule has 0 heterocycles. The van der Waals surface area contributed by atoms with Gasteiger partial charge in [-0.3, -0.25) is 4.79 Å². The minimum absolute atomic E-state index is 0.0137. The van der Waals surface area contributed by atoms with Crippen LogP contribution in [-0.2, 0) is 4.74 Å². The van der Waals surface area contributed by atoms with Crippen molar-refractivity contribution in [3.05, 3.63) is 35.4 Å². The van der Waals surface area contributed by atoms with Crippen LogP contribution < -0.4 is 0 Å². The van der Waals surface area contributed by atoms with Gasteiger partial charge in [-0.15, -0.1) is 0 Å². The van der Waals surface area contributed by atoms with E-state index in [4.69, 9.17) is 4.74 Å². The molecule has 0 spiro atoms. The normalized spacial score (nSPS) is 12.5. The molecule has 0 aliphatic rings. The summed E-state index contributed by atoms with van der Waals surface area (Å²) >= 11 is 0. The third-order valence-electron chi connectivity index (χ3n) is 2.21. The molecular weight excluding hydrogens is 214 g/mol. The van der Waals surface area contributed by atoms with Gasteiger partial charge in [-0.2, -0.15) is 0 Å². The average molecular weight is 228 g/mol. The molecule has 0 fully saturated rings. The molecule has 2 nitrogen and oxygen atoms in total. The van der Waals surface area contributed by atoms with E-state index in [0.717, 1.165) is 18.2 Å². The van der Waals surface area contributed by atoms with E-state index < -0.39 is 17.4 Å². The predicted octanol–water partition coefficient (Wildman–Crippen LogP) is 2.82. The van der Waals surface area contributed by atoms with Crippen LogP contribution in [0.4, 0.5) is 8.78 Å². The molecule has 0 saturated carbocycles. The van der Waals surface area contributed by atoms with Gasteiger partial charge in [0.15, 0.2) is 5.78 Å². The van der Waals surface area contributed by atoms with Crippen molar-refractivity contribution in [2.24, 2.45) is 5.92 Å². The minimum Gasteiger partial charge on any atom is -0.384 e. The number of carbonyl (C=O) groups excluding carboxylic acids is 1. The highest BCUT2D eigenvalue weighted by Gasteiger charge is 2.15. The Kier molecular flexibility index (Phi) is 4.55. The molecule has 4 heteroatoms. The van der Waals surface area contributed by atoms with E-state index in [2.05, 4.69) is 0 Å². The van der Waals surface area contributed by atoms with Gasteiger partial charge in [-0.05, 0) is 24.1 Å². The second kappa shape index (κ2) is 5.70. The Morgan fingerprint density at radius 1 is 1.44 bits per heavy atom. The third-order valence-corrected chi connectivity index (χ3v) is 2.21. The van der Waals surface area contributed by atoms with Crippen LogP contribution in [0.1, 0.15) is 23.7 Å². The highest BCUT2D eigenvalue weighted by molar-refractivity contribution is 5.96. The van der Waals surface area contributed by atoms with E-state index in [1.165, 1.54) is 7.11 Å². The number of ether oxygens (including phenoxy) is 1. The van der Waals surface area contributed by atoms with Crippen molar-refractivity contribution in [3.8, 4) is 0 Å². The monoisotopic (exact) mass is 228 g/mol. The molecule has 1 rings (SSSR count). The number of hydrogen-bond donors (Lipinski definition) is 0. The molecule has 0 aliphatic carbocycles. The number of ketones is 1. The molecule has 0 radical (unpaired) electrons. The molecule has 0 N–H and O–H groups in total. The van der Waals surface area contributed by atoms with E-state index in [-0.39, 0.29) is 17.9 Å². The zero-order chi connectivity index (χ0) is 12.1. The molecule has 1 aromatic rings. The lowest BCUT2D eigenvalue weighted by molar-refractivity contribution is 0.0915. The second-order valence-corrected chi connectivity index (χ2v) is 3.81. The first kappa shape index (κ1) is 12.8. The van der Waals surface area contributed by atoms with Crippen LogP contribution in [0.3, 0.4) is 0 Å². The summed E-state index contributed by atoms with van der Waals surface area (Å²) in [6.45, 7) is 2.24. The summed E-state index contributed by atoms with van der Waals surface area (Å²) in [5.41, 5.74) is -0.192. The quantitative estimate of drug-likeness (QED) is 0.724. The SMILES string of the molecule is COCC(C)CC(=O)c1cc(F)ccc1F. The number of carbonyl (C=O) groups is 1. The average Bonchev–Trinajstić information content (AvgIpc) is 2.21. The summed E-state index contributed by atoms with van der Waals surface area (Å²) in [6, 6.07) is 2.88. The Balaban J connectivity index is 2.76. The number of halogens is 2. The van der Waals surface area contributed by atoms with Crippen LogP contribution in [0.25, 0.3) is 0 Å². The van der Waals surface area contributed by atoms with Gasteiger partial charge in [0.25, 0.3) is 0 Å².